The van der Waals surface area contributed by atoms with Gasteiger partial charge in [0.15, 0.2) is 5.96 Å². The Balaban J connectivity index is 0.00000529. The number of hydrogen-bond donors (Lipinski definition) is 2. The van der Waals surface area contributed by atoms with E-state index in [9.17, 15) is 0 Å². The number of thiazole rings is 1. The SMILES string of the molecule is CCc1cnc(CNC(=NC)NCCCN(C(C)C)C(C)C)s1.I. The maximum absolute atomic E-state index is 4.42. The molecule has 0 aliphatic carbocycles. The van der Waals surface area contributed by atoms with Crippen molar-refractivity contribution in [3.05, 3.63) is 16.1 Å². The zero-order valence-electron chi connectivity index (χ0n) is 15.9. The van der Waals surface area contributed by atoms with Gasteiger partial charge < -0.3 is 10.6 Å². The van der Waals surface area contributed by atoms with Crippen molar-refractivity contribution in [2.24, 2.45) is 4.99 Å². The zero-order chi connectivity index (χ0) is 17.2. The minimum absolute atomic E-state index is 0. The van der Waals surface area contributed by atoms with Crippen LogP contribution in [-0.4, -0.2) is 48.1 Å². The van der Waals surface area contributed by atoms with E-state index in [1.807, 2.05) is 13.2 Å². The largest absolute Gasteiger partial charge is 0.356 e. The average Bonchev–Trinajstić information content (AvgIpc) is 2.97. The first-order valence-electron chi connectivity index (χ1n) is 8.61. The topological polar surface area (TPSA) is 52.6 Å². The van der Waals surface area contributed by atoms with E-state index in [1.165, 1.54) is 4.88 Å². The van der Waals surface area contributed by atoms with E-state index < -0.39 is 0 Å². The summed E-state index contributed by atoms with van der Waals surface area (Å²) in [4.78, 5) is 12.5. The number of aromatic nitrogens is 1. The Morgan fingerprint density at radius 3 is 2.42 bits per heavy atom. The zero-order valence-corrected chi connectivity index (χ0v) is 19.1. The van der Waals surface area contributed by atoms with Crippen LogP contribution in [0.3, 0.4) is 0 Å². The summed E-state index contributed by atoms with van der Waals surface area (Å²) in [6.45, 7) is 13.9. The molecule has 1 aromatic heterocycles. The van der Waals surface area contributed by atoms with Crippen molar-refractivity contribution < 1.29 is 0 Å². The molecular weight excluding hydrogens is 433 g/mol. The number of aliphatic imine (C=N–C) groups is 1. The van der Waals surface area contributed by atoms with Crippen LogP contribution >= 0.6 is 35.3 Å². The van der Waals surface area contributed by atoms with Crippen LogP contribution in [0.25, 0.3) is 0 Å². The van der Waals surface area contributed by atoms with Gasteiger partial charge in [0, 0.05) is 43.3 Å². The molecule has 0 unspecified atom stereocenters. The quantitative estimate of drug-likeness (QED) is 0.253. The van der Waals surface area contributed by atoms with Gasteiger partial charge in [-0.25, -0.2) is 4.98 Å². The molecule has 0 spiro atoms. The fourth-order valence-corrected chi connectivity index (χ4v) is 3.36. The average molecular weight is 467 g/mol. The summed E-state index contributed by atoms with van der Waals surface area (Å²) in [5.41, 5.74) is 0. The monoisotopic (exact) mass is 467 g/mol. The van der Waals surface area contributed by atoms with Crippen LogP contribution in [0.5, 0.6) is 0 Å². The summed E-state index contributed by atoms with van der Waals surface area (Å²) in [5.74, 6) is 0.846. The van der Waals surface area contributed by atoms with Crippen molar-refractivity contribution in [2.45, 2.75) is 66.1 Å². The predicted molar refractivity (Wildman–Crippen MR) is 117 cm³/mol. The minimum atomic E-state index is 0. The maximum Gasteiger partial charge on any atom is 0.191 e. The molecule has 1 rings (SSSR count). The van der Waals surface area contributed by atoms with Gasteiger partial charge in [-0.15, -0.1) is 35.3 Å². The number of guanidine groups is 1. The first-order valence-corrected chi connectivity index (χ1v) is 9.43. The van der Waals surface area contributed by atoms with E-state index in [0.717, 1.165) is 43.4 Å². The first-order chi connectivity index (χ1) is 11.0. The predicted octanol–water partition coefficient (Wildman–Crippen LogP) is 3.50. The van der Waals surface area contributed by atoms with E-state index in [2.05, 4.69) is 60.1 Å². The van der Waals surface area contributed by atoms with Crippen molar-refractivity contribution in [1.29, 1.82) is 0 Å². The molecule has 0 saturated heterocycles. The second-order valence-electron chi connectivity index (χ2n) is 6.21. The van der Waals surface area contributed by atoms with Gasteiger partial charge in [-0.1, -0.05) is 6.92 Å². The van der Waals surface area contributed by atoms with E-state index in [-0.39, 0.29) is 24.0 Å². The summed E-state index contributed by atoms with van der Waals surface area (Å²) >= 11 is 1.76. The van der Waals surface area contributed by atoms with Gasteiger partial charge in [0.2, 0.25) is 0 Å². The Bertz CT molecular complexity index is 465. The molecule has 2 N–H and O–H groups in total. The second kappa shape index (κ2) is 12.9. The van der Waals surface area contributed by atoms with Gasteiger partial charge in [-0.05, 0) is 40.5 Å². The molecule has 0 bridgehead atoms. The van der Waals surface area contributed by atoms with Gasteiger partial charge in [-0.3, -0.25) is 9.89 Å². The number of hydrogen-bond acceptors (Lipinski definition) is 4. The summed E-state index contributed by atoms with van der Waals surface area (Å²) in [6.07, 6.45) is 4.12. The smallest absolute Gasteiger partial charge is 0.191 e. The molecule has 1 aromatic rings. The third kappa shape index (κ3) is 8.62. The van der Waals surface area contributed by atoms with E-state index in [0.29, 0.717) is 12.1 Å². The lowest BCUT2D eigenvalue weighted by Gasteiger charge is -2.30. The van der Waals surface area contributed by atoms with Crippen molar-refractivity contribution in [1.82, 2.24) is 20.5 Å². The summed E-state index contributed by atoms with van der Waals surface area (Å²) in [7, 11) is 1.81. The lowest BCUT2D eigenvalue weighted by molar-refractivity contribution is 0.173. The molecule has 0 aliphatic heterocycles. The van der Waals surface area contributed by atoms with Gasteiger partial charge in [0.05, 0.1) is 6.54 Å². The fourth-order valence-electron chi connectivity index (χ4n) is 2.55. The van der Waals surface area contributed by atoms with E-state index >= 15 is 0 Å². The lowest BCUT2D eigenvalue weighted by atomic mass is 10.2. The number of aryl methyl sites for hydroxylation is 1. The fraction of sp³-hybridized carbons (Fsp3) is 0.765. The molecule has 24 heavy (non-hydrogen) atoms. The number of nitrogens with one attached hydrogen (secondary N) is 2. The Morgan fingerprint density at radius 1 is 1.25 bits per heavy atom. The minimum Gasteiger partial charge on any atom is -0.356 e. The normalized spacial score (nSPS) is 12.0. The molecule has 0 amide bonds. The number of rotatable bonds is 9. The third-order valence-corrected chi connectivity index (χ3v) is 4.93. The molecular formula is C17H34IN5S. The third-order valence-electron chi connectivity index (χ3n) is 3.79. The molecule has 5 nitrogen and oxygen atoms in total. The van der Waals surface area contributed by atoms with Gasteiger partial charge in [-0.2, -0.15) is 0 Å². The summed E-state index contributed by atoms with van der Waals surface area (Å²) in [6, 6.07) is 1.18. The Labute approximate surface area is 168 Å². The lowest BCUT2D eigenvalue weighted by Crippen LogP contribution is -2.41. The highest BCUT2D eigenvalue weighted by Gasteiger charge is 2.12. The van der Waals surface area contributed by atoms with Gasteiger partial charge >= 0.3 is 0 Å². The number of nitrogens with zero attached hydrogens (tertiary/aromatic N) is 3. The molecule has 0 atom stereocenters. The van der Waals surface area contributed by atoms with Crippen LogP contribution in [0.2, 0.25) is 0 Å². The van der Waals surface area contributed by atoms with Crippen LogP contribution < -0.4 is 10.6 Å². The van der Waals surface area contributed by atoms with Crippen molar-refractivity contribution in [3.8, 4) is 0 Å². The van der Waals surface area contributed by atoms with Crippen molar-refractivity contribution >= 4 is 41.3 Å². The van der Waals surface area contributed by atoms with Crippen LogP contribution in [0.1, 0.15) is 50.9 Å². The molecule has 0 saturated carbocycles. The van der Waals surface area contributed by atoms with Crippen LogP contribution in [-0.2, 0) is 13.0 Å². The molecule has 0 fully saturated rings. The van der Waals surface area contributed by atoms with Crippen molar-refractivity contribution in [3.63, 3.8) is 0 Å². The molecule has 0 aromatic carbocycles. The highest BCUT2D eigenvalue weighted by Crippen LogP contribution is 2.12. The van der Waals surface area contributed by atoms with Gasteiger partial charge in [0.25, 0.3) is 0 Å². The van der Waals surface area contributed by atoms with Crippen molar-refractivity contribution in [2.75, 3.05) is 20.1 Å². The van der Waals surface area contributed by atoms with Crippen LogP contribution in [0.4, 0.5) is 0 Å². The Kier molecular flexibility index (Phi) is 12.7. The molecule has 0 aliphatic rings. The highest BCUT2D eigenvalue weighted by molar-refractivity contribution is 14.0. The molecule has 140 valence electrons. The van der Waals surface area contributed by atoms with Crippen LogP contribution in [0, 0.1) is 0 Å². The Morgan fingerprint density at radius 2 is 1.92 bits per heavy atom. The second-order valence-corrected chi connectivity index (χ2v) is 7.41. The molecule has 0 radical (unpaired) electrons. The first kappa shape index (κ1) is 23.6. The molecule has 7 heteroatoms. The van der Waals surface area contributed by atoms with E-state index in [4.69, 9.17) is 0 Å². The van der Waals surface area contributed by atoms with Gasteiger partial charge in [0.1, 0.15) is 5.01 Å². The maximum atomic E-state index is 4.42. The molecule has 1 heterocycles. The Hall–Kier alpha value is -0.410. The number of halogens is 1. The van der Waals surface area contributed by atoms with E-state index in [1.54, 1.807) is 11.3 Å². The standard InChI is InChI=1S/C17H33N5S.HI/c1-7-15-11-20-16(23-15)12-21-17(18-6)19-9-8-10-22(13(2)3)14(4)5;/h11,13-14H,7-10,12H2,1-6H3,(H2,18,19,21);1H. The summed E-state index contributed by atoms with van der Waals surface area (Å²) < 4.78 is 0. The van der Waals surface area contributed by atoms with Crippen LogP contribution in [0.15, 0.2) is 11.2 Å². The summed E-state index contributed by atoms with van der Waals surface area (Å²) in [5, 5.41) is 7.82. The highest BCUT2D eigenvalue weighted by atomic mass is 127.